The lowest BCUT2D eigenvalue weighted by Crippen LogP contribution is -2.21. The summed E-state index contributed by atoms with van der Waals surface area (Å²) in [5, 5.41) is 17.1. The van der Waals surface area contributed by atoms with Crippen LogP contribution in [-0.4, -0.2) is 30.4 Å². The molecule has 0 bridgehead atoms. The molecule has 0 radical (unpaired) electrons. The molecule has 0 heterocycles. The summed E-state index contributed by atoms with van der Waals surface area (Å²) < 4.78 is 9.03. The lowest BCUT2D eigenvalue weighted by atomic mass is 10.1. The van der Waals surface area contributed by atoms with Crippen LogP contribution in [0.15, 0.2) is 18.2 Å². The SMILES string of the molecule is COC(=O)c1ccc(OB(O)O)c(N)c1. The zero-order valence-corrected chi connectivity index (χ0v) is 8.01. The van der Waals surface area contributed by atoms with Crippen LogP contribution < -0.4 is 10.4 Å². The van der Waals surface area contributed by atoms with Gasteiger partial charge < -0.3 is 25.2 Å². The number of esters is 1. The van der Waals surface area contributed by atoms with Gasteiger partial charge >= 0.3 is 13.3 Å². The predicted molar refractivity (Wildman–Crippen MR) is 53.0 cm³/mol. The molecule has 7 heteroatoms. The molecule has 0 saturated heterocycles. The van der Waals surface area contributed by atoms with Gasteiger partial charge in [0.1, 0.15) is 5.75 Å². The summed E-state index contributed by atoms with van der Waals surface area (Å²) in [6, 6.07) is 4.07. The van der Waals surface area contributed by atoms with Gasteiger partial charge in [-0.05, 0) is 18.2 Å². The highest BCUT2D eigenvalue weighted by Crippen LogP contribution is 2.22. The summed E-state index contributed by atoms with van der Waals surface area (Å²) in [6.07, 6.45) is 0. The molecular formula is C8H10BNO5. The van der Waals surface area contributed by atoms with Gasteiger partial charge in [-0.25, -0.2) is 4.79 Å². The van der Waals surface area contributed by atoms with Crippen molar-refractivity contribution >= 4 is 19.0 Å². The van der Waals surface area contributed by atoms with Crippen LogP contribution in [-0.2, 0) is 4.74 Å². The van der Waals surface area contributed by atoms with Gasteiger partial charge in [-0.1, -0.05) is 0 Å². The minimum Gasteiger partial charge on any atom is -0.510 e. The molecule has 1 aromatic carbocycles. The van der Waals surface area contributed by atoms with Crippen LogP contribution in [0.25, 0.3) is 0 Å². The molecule has 0 aliphatic carbocycles. The molecule has 0 aromatic heterocycles. The number of nitrogen functional groups attached to an aromatic ring is 1. The monoisotopic (exact) mass is 211 g/mol. The van der Waals surface area contributed by atoms with Crippen LogP contribution in [0, 0.1) is 0 Å². The number of nitrogens with two attached hydrogens (primary N) is 1. The van der Waals surface area contributed by atoms with Crippen LogP contribution in [0.2, 0.25) is 0 Å². The minimum absolute atomic E-state index is 0.0812. The molecule has 1 rings (SSSR count). The number of ether oxygens (including phenoxy) is 1. The van der Waals surface area contributed by atoms with Gasteiger partial charge in [0.15, 0.2) is 0 Å². The van der Waals surface area contributed by atoms with Crippen molar-refractivity contribution in [2.75, 3.05) is 12.8 Å². The van der Waals surface area contributed by atoms with E-state index in [0.29, 0.717) is 0 Å². The average molecular weight is 211 g/mol. The van der Waals surface area contributed by atoms with Gasteiger partial charge in [0.2, 0.25) is 0 Å². The van der Waals surface area contributed by atoms with Crippen LogP contribution in [0.3, 0.4) is 0 Å². The average Bonchev–Trinajstić information content (AvgIpc) is 2.19. The molecule has 0 atom stereocenters. The Hall–Kier alpha value is -1.73. The Balaban J connectivity index is 2.93. The van der Waals surface area contributed by atoms with E-state index in [1.165, 1.54) is 25.3 Å². The molecule has 0 fully saturated rings. The van der Waals surface area contributed by atoms with Crippen LogP contribution in [0.4, 0.5) is 5.69 Å². The molecule has 4 N–H and O–H groups in total. The maximum atomic E-state index is 11.1. The quantitative estimate of drug-likeness (QED) is 0.350. The van der Waals surface area contributed by atoms with Crippen molar-refractivity contribution in [1.82, 2.24) is 0 Å². The molecule has 6 nitrogen and oxygen atoms in total. The fourth-order valence-corrected chi connectivity index (χ4v) is 1.01. The zero-order chi connectivity index (χ0) is 11.4. The summed E-state index contributed by atoms with van der Waals surface area (Å²) in [5.41, 5.74) is 5.88. The maximum absolute atomic E-state index is 11.1. The summed E-state index contributed by atoms with van der Waals surface area (Å²) in [4.78, 5) is 11.1. The molecular weight excluding hydrogens is 201 g/mol. The van der Waals surface area contributed by atoms with Crippen molar-refractivity contribution in [3.05, 3.63) is 23.8 Å². The van der Waals surface area contributed by atoms with Gasteiger partial charge in [0.05, 0.1) is 18.4 Å². The van der Waals surface area contributed by atoms with Gasteiger partial charge in [0, 0.05) is 0 Å². The Bertz CT molecular complexity index is 368. The predicted octanol–water partition coefficient (Wildman–Crippen LogP) is -0.596. The van der Waals surface area contributed by atoms with E-state index in [9.17, 15) is 4.79 Å². The van der Waals surface area contributed by atoms with E-state index in [1.54, 1.807) is 0 Å². The van der Waals surface area contributed by atoms with Crippen LogP contribution >= 0.6 is 0 Å². The number of hydrogen-bond acceptors (Lipinski definition) is 6. The third kappa shape index (κ3) is 2.86. The first-order valence-electron chi connectivity index (χ1n) is 4.05. The second kappa shape index (κ2) is 4.67. The van der Waals surface area contributed by atoms with Crippen LogP contribution in [0.5, 0.6) is 5.75 Å². The highest BCUT2D eigenvalue weighted by Gasteiger charge is 2.15. The van der Waals surface area contributed by atoms with Crippen molar-refractivity contribution in [1.29, 1.82) is 0 Å². The normalized spacial score (nSPS) is 9.53. The van der Waals surface area contributed by atoms with Crippen molar-refractivity contribution in [3.63, 3.8) is 0 Å². The number of carbonyl (C=O) groups is 1. The number of hydrogen-bond donors (Lipinski definition) is 3. The molecule has 0 aliphatic heterocycles. The van der Waals surface area contributed by atoms with Gasteiger partial charge in [0.25, 0.3) is 0 Å². The van der Waals surface area contributed by atoms with Crippen molar-refractivity contribution in [2.45, 2.75) is 0 Å². The summed E-state index contributed by atoms with van der Waals surface area (Å²) in [5.74, 6) is -0.449. The molecule has 0 saturated carbocycles. The molecule has 1 aromatic rings. The Kier molecular flexibility index (Phi) is 3.54. The van der Waals surface area contributed by atoms with E-state index in [4.69, 9.17) is 15.8 Å². The van der Waals surface area contributed by atoms with Gasteiger partial charge in [-0.15, -0.1) is 0 Å². The number of methoxy groups -OCH3 is 1. The Labute approximate surface area is 86.4 Å². The number of carbonyl (C=O) groups excluding carboxylic acids is 1. The Morgan fingerprint density at radius 1 is 1.47 bits per heavy atom. The first-order valence-corrected chi connectivity index (χ1v) is 4.05. The molecule has 0 amide bonds. The van der Waals surface area contributed by atoms with Gasteiger partial charge in [-0.3, -0.25) is 0 Å². The van der Waals surface area contributed by atoms with Crippen molar-refractivity contribution < 1.29 is 24.2 Å². The molecule has 80 valence electrons. The number of benzene rings is 1. The van der Waals surface area contributed by atoms with E-state index in [-0.39, 0.29) is 17.0 Å². The fourth-order valence-electron chi connectivity index (χ4n) is 1.01. The first-order chi connectivity index (χ1) is 7.04. The van der Waals surface area contributed by atoms with Crippen molar-refractivity contribution in [3.8, 4) is 5.75 Å². The minimum atomic E-state index is -1.95. The summed E-state index contributed by atoms with van der Waals surface area (Å²) >= 11 is 0. The fraction of sp³-hybridized carbons (Fsp3) is 0.125. The molecule has 0 unspecified atom stereocenters. The summed E-state index contributed by atoms with van der Waals surface area (Å²) in [6.45, 7) is 0. The highest BCUT2D eigenvalue weighted by atomic mass is 16.6. The lowest BCUT2D eigenvalue weighted by molar-refractivity contribution is 0.0601. The smallest absolute Gasteiger partial charge is 0.510 e. The third-order valence-corrected chi connectivity index (χ3v) is 1.66. The maximum Gasteiger partial charge on any atom is 0.707 e. The molecule has 15 heavy (non-hydrogen) atoms. The standard InChI is InChI=1S/C8H10BNO5/c1-14-8(11)5-2-3-7(6(10)4-5)15-9(12)13/h2-4,12-13H,10H2,1H3. The van der Waals surface area contributed by atoms with E-state index in [0.717, 1.165) is 0 Å². The van der Waals surface area contributed by atoms with Crippen LogP contribution in [0.1, 0.15) is 10.4 Å². The third-order valence-electron chi connectivity index (χ3n) is 1.66. The van der Waals surface area contributed by atoms with Gasteiger partial charge in [-0.2, -0.15) is 0 Å². The lowest BCUT2D eigenvalue weighted by Gasteiger charge is -2.08. The largest absolute Gasteiger partial charge is 0.707 e. The molecule has 0 aliphatic rings. The summed E-state index contributed by atoms with van der Waals surface area (Å²) in [7, 11) is -0.697. The second-order valence-corrected chi connectivity index (χ2v) is 2.69. The van der Waals surface area contributed by atoms with E-state index in [1.807, 2.05) is 0 Å². The Morgan fingerprint density at radius 3 is 2.60 bits per heavy atom. The van der Waals surface area contributed by atoms with E-state index >= 15 is 0 Å². The molecule has 0 spiro atoms. The number of anilines is 1. The Morgan fingerprint density at radius 2 is 2.13 bits per heavy atom. The topological polar surface area (TPSA) is 102 Å². The van der Waals surface area contributed by atoms with Crippen molar-refractivity contribution in [2.24, 2.45) is 0 Å². The first kappa shape index (κ1) is 11.4. The highest BCUT2D eigenvalue weighted by molar-refractivity contribution is 6.34. The number of rotatable bonds is 3. The second-order valence-electron chi connectivity index (χ2n) is 2.69. The van der Waals surface area contributed by atoms with E-state index < -0.39 is 13.3 Å². The zero-order valence-electron chi connectivity index (χ0n) is 8.01. The van der Waals surface area contributed by atoms with E-state index in [2.05, 4.69) is 9.39 Å².